The molecule has 0 saturated carbocycles. The average Bonchev–Trinajstić information content (AvgIpc) is 2.76. The van der Waals surface area contributed by atoms with E-state index in [1.165, 1.54) is 6.07 Å². The third-order valence-corrected chi connectivity index (χ3v) is 2.86. The van der Waals surface area contributed by atoms with Crippen LogP contribution < -0.4 is 10.5 Å². The van der Waals surface area contributed by atoms with Crippen molar-refractivity contribution < 1.29 is 17.9 Å². The summed E-state index contributed by atoms with van der Waals surface area (Å²) in [5.74, 6) is 0.859. The first-order valence-electron chi connectivity index (χ1n) is 5.89. The molecule has 0 saturated heterocycles. The number of ether oxygens (including phenoxy) is 1. The van der Waals surface area contributed by atoms with Gasteiger partial charge >= 0.3 is 6.18 Å². The fraction of sp³-hybridized carbons (Fsp3) is 0.308. The van der Waals surface area contributed by atoms with Crippen molar-refractivity contribution in [1.29, 1.82) is 0 Å². The second kappa shape index (κ2) is 5.07. The zero-order chi connectivity index (χ0) is 14.9. The number of halogens is 3. The van der Waals surface area contributed by atoms with Gasteiger partial charge in [-0.3, -0.25) is 0 Å². The molecule has 0 spiro atoms. The number of aryl methyl sites for hydroxylation is 1. The molecule has 1 unspecified atom stereocenters. The molecule has 0 bridgehead atoms. The number of aromatic nitrogens is 2. The van der Waals surface area contributed by atoms with Crippen LogP contribution in [0.1, 0.15) is 24.4 Å². The highest BCUT2D eigenvalue weighted by molar-refractivity contribution is 5.54. The molecule has 0 aliphatic heterocycles. The van der Waals surface area contributed by atoms with Gasteiger partial charge < -0.3 is 15.0 Å². The molecule has 0 radical (unpaired) electrons. The lowest BCUT2D eigenvalue weighted by Gasteiger charge is -2.17. The van der Waals surface area contributed by atoms with E-state index in [2.05, 4.69) is 4.98 Å². The van der Waals surface area contributed by atoms with Gasteiger partial charge in [-0.05, 0) is 25.1 Å². The summed E-state index contributed by atoms with van der Waals surface area (Å²) in [4.78, 5) is 4.12. The molecule has 1 heterocycles. The SMILES string of the molecule is CC(Oc1ccc(C(F)(F)F)cc1N)c1nccn1C. The third-order valence-electron chi connectivity index (χ3n) is 2.86. The molecule has 1 aromatic heterocycles. The van der Waals surface area contributed by atoms with Gasteiger partial charge in [-0.25, -0.2) is 4.98 Å². The summed E-state index contributed by atoms with van der Waals surface area (Å²) in [5.41, 5.74) is 4.75. The Labute approximate surface area is 114 Å². The standard InChI is InChI=1S/C13H14F3N3O/c1-8(12-18-5-6-19(12)2)20-11-4-3-9(7-10(11)17)13(14,15)16/h3-8H,17H2,1-2H3. The summed E-state index contributed by atoms with van der Waals surface area (Å²) < 4.78 is 44.9. The molecule has 2 aromatic rings. The third kappa shape index (κ3) is 2.87. The number of rotatable bonds is 3. The zero-order valence-electron chi connectivity index (χ0n) is 11.0. The van der Waals surface area contributed by atoms with Gasteiger partial charge in [0, 0.05) is 19.4 Å². The Kier molecular flexibility index (Phi) is 3.61. The Morgan fingerprint density at radius 1 is 1.35 bits per heavy atom. The predicted octanol–water partition coefficient (Wildman–Crippen LogP) is 3.16. The first-order valence-corrected chi connectivity index (χ1v) is 5.89. The normalized spacial score (nSPS) is 13.2. The van der Waals surface area contributed by atoms with E-state index in [0.29, 0.717) is 5.82 Å². The number of hydrogen-bond donors (Lipinski definition) is 1. The van der Waals surface area contributed by atoms with E-state index in [-0.39, 0.29) is 11.4 Å². The van der Waals surface area contributed by atoms with Crippen LogP contribution in [0.5, 0.6) is 5.75 Å². The Hall–Kier alpha value is -2.18. The topological polar surface area (TPSA) is 53.1 Å². The minimum Gasteiger partial charge on any atom is -0.481 e. The van der Waals surface area contributed by atoms with Crippen LogP contribution in [0.2, 0.25) is 0 Å². The number of benzene rings is 1. The highest BCUT2D eigenvalue weighted by Crippen LogP contribution is 2.34. The first kappa shape index (κ1) is 14.2. The molecular weight excluding hydrogens is 271 g/mol. The van der Waals surface area contributed by atoms with Gasteiger partial charge in [-0.2, -0.15) is 13.2 Å². The summed E-state index contributed by atoms with van der Waals surface area (Å²) in [7, 11) is 1.80. The fourth-order valence-corrected chi connectivity index (χ4v) is 1.84. The fourth-order valence-electron chi connectivity index (χ4n) is 1.84. The highest BCUT2D eigenvalue weighted by Gasteiger charge is 2.31. The molecule has 2 N–H and O–H groups in total. The molecule has 4 nitrogen and oxygen atoms in total. The van der Waals surface area contributed by atoms with Crippen molar-refractivity contribution in [3.05, 3.63) is 42.0 Å². The highest BCUT2D eigenvalue weighted by atomic mass is 19.4. The number of hydrogen-bond acceptors (Lipinski definition) is 3. The van der Waals surface area contributed by atoms with Crippen molar-refractivity contribution in [2.24, 2.45) is 7.05 Å². The van der Waals surface area contributed by atoms with Crippen LogP contribution in [0, 0.1) is 0 Å². The van der Waals surface area contributed by atoms with E-state index < -0.39 is 17.8 Å². The zero-order valence-corrected chi connectivity index (χ0v) is 11.0. The minimum absolute atomic E-state index is 0.0547. The molecule has 1 aromatic carbocycles. The van der Waals surface area contributed by atoms with Gasteiger partial charge in [-0.1, -0.05) is 0 Å². The lowest BCUT2D eigenvalue weighted by molar-refractivity contribution is -0.137. The second-order valence-electron chi connectivity index (χ2n) is 4.41. The lowest BCUT2D eigenvalue weighted by Crippen LogP contribution is -2.11. The number of alkyl halides is 3. The molecule has 0 aliphatic rings. The molecule has 2 rings (SSSR count). The molecule has 0 amide bonds. The summed E-state index contributed by atoms with van der Waals surface area (Å²) >= 11 is 0. The molecular formula is C13H14F3N3O. The van der Waals surface area contributed by atoms with Crippen LogP contribution in [0.4, 0.5) is 18.9 Å². The van der Waals surface area contributed by atoms with Crippen molar-refractivity contribution in [3.8, 4) is 5.75 Å². The molecule has 0 fully saturated rings. The Balaban J connectivity index is 2.21. The molecule has 108 valence electrons. The Bertz CT molecular complexity index is 607. The van der Waals surface area contributed by atoms with E-state index in [4.69, 9.17) is 10.5 Å². The van der Waals surface area contributed by atoms with Gasteiger partial charge in [0.15, 0.2) is 6.10 Å². The monoisotopic (exact) mass is 285 g/mol. The maximum Gasteiger partial charge on any atom is 0.416 e. The van der Waals surface area contributed by atoms with Crippen molar-refractivity contribution in [3.63, 3.8) is 0 Å². The van der Waals surface area contributed by atoms with Crippen LogP contribution in [0.15, 0.2) is 30.6 Å². The number of nitrogen functional groups attached to an aromatic ring is 1. The maximum atomic E-state index is 12.5. The van der Waals surface area contributed by atoms with Crippen LogP contribution in [-0.2, 0) is 13.2 Å². The van der Waals surface area contributed by atoms with Crippen molar-refractivity contribution in [2.45, 2.75) is 19.2 Å². The van der Waals surface area contributed by atoms with E-state index in [0.717, 1.165) is 12.1 Å². The maximum absolute atomic E-state index is 12.5. The predicted molar refractivity (Wildman–Crippen MR) is 68.1 cm³/mol. The molecule has 0 aliphatic carbocycles. The average molecular weight is 285 g/mol. The van der Waals surface area contributed by atoms with E-state index in [1.54, 1.807) is 30.9 Å². The van der Waals surface area contributed by atoms with Crippen LogP contribution in [-0.4, -0.2) is 9.55 Å². The quantitative estimate of drug-likeness (QED) is 0.881. The lowest BCUT2D eigenvalue weighted by atomic mass is 10.2. The van der Waals surface area contributed by atoms with Crippen molar-refractivity contribution in [2.75, 3.05) is 5.73 Å². The molecule has 7 heteroatoms. The minimum atomic E-state index is -4.42. The second-order valence-corrected chi connectivity index (χ2v) is 4.41. The van der Waals surface area contributed by atoms with Crippen LogP contribution in [0.25, 0.3) is 0 Å². The van der Waals surface area contributed by atoms with Gasteiger partial charge in [-0.15, -0.1) is 0 Å². The summed E-state index contributed by atoms with van der Waals surface area (Å²) in [6.07, 6.45) is -1.47. The Morgan fingerprint density at radius 3 is 2.55 bits per heavy atom. The summed E-state index contributed by atoms with van der Waals surface area (Å²) in [6, 6.07) is 3.02. The Morgan fingerprint density at radius 2 is 2.05 bits per heavy atom. The smallest absolute Gasteiger partial charge is 0.416 e. The van der Waals surface area contributed by atoms with E-state index in [9.17, 15) is 13.2 Å². The van der Waals surface area contributed by atoms with Gasteiger partial charge in [0.05, 0.1) is 11.3 Å². The molecule has 20 heavy (non-hydrogen) atoms. The number of nitrogens with two attached hydrogens (primary N) is 1. The van der Waals surface area contributed by atoms with Crippen molar-refractivity contribution >= 4 is 5.69 Å². The van der Waals surface area contributed by atoms with Gasteiger partial charge in [0.25, 0.3) is 0 Å². The van der Waals surface area contributed by atoms with Gasteiger partial charge in [0.2, 0.25) is 0 Å². The van der Waals surface area contributed by atoms with E-state index >= 15 is 0 Å². The summed E-state index contributed by atoms with van der Waals surface area (Å²) in [6.45, 7) is 1.75. The van der Waals surface area contributed by atoms with Gasteiger partial charge in [0.1, 0.15) is 11.6 Å². The van der Waals surface area contributed by atoms with E-state index in [1.807, 2.05) is 0 Å². The summed E-state index contributed by atoms with van der Waals surface area (Å²) in [5, 5.41) is 0. The number of nitrogens with zero attached hydrogens (tertiary/aromatic N) is 2. The van der Waals surface area contributed by atoms with Crippen LogP contribution in [0.3, 0.4) is 0 Å². The first-order chi connectivity index (χ1) is 9.29. The number of anilines is 1. The van der Waals surface area contributed by atoms with Crippen molar-refractivity contribution in [1.82, 2.24) is 9.55 Å². The largest absolute Gasteiger partial charge is 0.481 e. The van der Waals surface area contributed by atoms with Crippen LogP contribution >= 0.6 is 0 Å². The number of imidazole rings is 1. The molecule has 1 atom stereocenters.